The van der Waals surface area contributed by atoms with Gasteiger partial charge in [0.2, 0.25) is 5.91 Å². The van der Waals surface area contributed by atoms with Crippen LogP contribution >= 0.6 is 11.3 Å². The van der Waals surface area contributed by atoms with Gasteiger partial charge in [-0.25, -0.2) is 4.98 Å². The van der Waals surface area contributed by atoms with E-state index in [0.717, 1.165) is 45.1 Å². The number of rotatable bonds is 9. The molecule has 154 valence electrons. The number of carbonyl (C=O) groups excluding carboxylic acids is 1. The molecule has 1 unspecified atom stereocenters. The van der Waals surface area contributed by atoms with Gasteiger partial charge in [0.25, 0.3) is 0 Å². The summed E-state index contributed by atoms with van der Waals surface area (Å²) in [5.41, 5.74) is 0.840. The van der Waals surface area contributed by atoms with Gasteiger partial charge in [-0.2, -0.15) is 11.3 Å². The van der Waals surface area contributed by atoms with Gasteiger partial charge >= 0.3 is 0 Å². The molecular weight excluding hydrogens is 370 g/mol. The summed E-state index contributed by atoms with van der Waals surface area (Å²) in [5.74, 6) is 1.20. The minimum Gasteiger partial charge on any atom is -0.354 e. The number of hydrogen-bond acceptors (Lipinski definition) is 5. The maximum absolute atomic E-state index is 13.0. The monoisotopic (exact) mass is 403 g/mol. The van der Waals surface area contributed by atoms with E-state index in [1.807, 2.05) is 26.2 Å². The lowest BCUT2D eigenvalue weighted by atomic mass is 9.91. The van der Waals surface area contributed by atoms with E-state index < -0.39 is 5.41 Å². The Hall–Kier alpha value is -1.70. The molecule has 7 heteroatoms. The fourth-order valence-electron chi connectivity index (χ4n) is 4.00. The quantitative estimate of drug-likeness (QED) is 0.699. The maximum Gasteiger partial charge on any atom is 0.227 e. The summed E-state index contributed by atoms with van der Waals surface area (Å²) in [6.45, 7) is 14.5. The fourth-order valence-corrected chi connectivity index (χ4v) is 4.71. The van der Waals surface area contributed by atoms with E-state index in [1.165, 1.54) is 5.56 Å². The third kappa shape index (κ3) is 4.82. The second kappa shape index (κ2) is 9.20. The first-order valence-electron chi connectivity index (χ1n) is 10.2. The molecule has 1 atom stereocenters. The van der Waals surface area contributed by atoms with Gasteiger partial charge < -0.3 is 9.88 Å². The Morgan fingerprint density at radius 2 is 2.14 bits per heavy atom. The smallest absolute Gasteiger partial charge is 0.227 e. The van der Waals surface area contributed by atoms with Crippen LogP contribution in [0.5, 0.6) is 0 Å². The highest BCUT2D eigenvalue weighted by molar-refractivity contribution is 7.07. The largest absolute Gasteiger partial charge is 0.354 e. The molecule has 1 aliphatic rings. The topological polar surface area (TPSA) is 53.4 Å². The van der Waals surface area contributed by atoms with Crippen LogP contribution in [-0.2, 0) is 17.9 Å². The van der Waals surface area contributed by atoms with Crippen molar-refractivity contribution in [1.82, 2.24) is 24.7 Å². The highest BCUT2D eigenvalue weighted by atomic mass is 32.1. The summed E-state index contributed by atoms with van der Waals surface area (Å²) in [6, 6.07) is 2.39. The molecule has 0 radical (unpaired) electrons. The molecule has 1 amide bonds. The summed E-state index contributed by atoms with van der Waals surface area (Å²) < 4.78 is 2.19. The number of imidazole rings is 1. The Morgan fingerprint density at radius 1 is 1.36 bits per heavy atom. The zero-order valence-electron chi connectivity index (χ0n) is 17.5. The number of nitrogens with one attached hydrogen (secondary N) is 1. The molecule has 3 heterocycles. The normalized spacial score (nSPS) is 16.2. The number of carbonyl (C=O) groups is 1. The lowest BCUT2D eigenvalue weighted by Gasteiger charge is -2.35. The number of aromatic nitrogens is 2. The lowest BCUT2D eigenvalue weighted by Crippen LogP contribution is -2.48. The molecular formula is C21H33N5OS. The van der Waals surface area contributed by atoms with E-state index in [2.05, 4.69) is 55.3 Å². The first-order valence-corrected chi connectivity index (χ1v) is 11.2. The van der Waals surface area contributed by atoms with E-state index in [-0.39, 0.29) is 11.9 Å². The van der Waals surface area contributed by atoms with Crippen LogP contribution in [0.4, 0.5) is 0 Å². The van der Waals surface area contributed by atoms with Crippen molar-refractivity contribution >= 4 is 17.2 Å². The summed E-state index contributed by atoms with van der Waals surface area (Å²) in [5, 5.41) is 7.54. The van der Waals surface area contributed by atoms with Crippen LogP contribution in [0.2, 0.25) is 0 Å². The number of hydrogen-bond donors (Lipinski definition) is 1. The highest BCUT2D eigenvalue weighted by Crippen LogP contribution is 2.24. The van der Waals surface area contributed by atoms with Crippen molar-refractivity contribution in [3.63, 3.8) is 0 Å². The Kier molecular flexibility index (Phi) is 6.91. The van der Waals surface area contributed by atoms with Crippen molar-refractivity contribution in [3.05, 3.63) is 40.6 Å². The zero-order chi connectivity index (χ0) is 20.1. The molecule has 6 nitrogen and oxygen atoms in total. The predicted molar refractivity (Wildman–Crippen MR) is 114 cm³/mol. The average molecular weight is 404 g/mol. The van der Waals surface area contributed by atoms with Gasteiger partial charge in [0, 0.05) is 38.6 Å². The second-order valence-electron chi connectivity index (χ2n) is 8.14. The minimum atomic E-state index is -0.447. The molecule has 0 saturated carbocycles. The van der Waals surface area contributed by atoms with Crippen LogP contribution in [0.1, 0.15) is 45.1 Å². The van der Waals surface area contributed by atoms with Crippen molar-refractivity contribution < 1.29 is 4.79 Å². The Morgan fingerprint density at radius 3 is 2.82 bits per heavy atom. The molecule has 3 rings (SSSR count). The zero-order valence-corrected chi connectivity index (χ0v) is 18.3. The molecule has 0 saturated heterocycles. The number of amides is 1. The SMILES string of the molecule is CCN(CC)C(CNC(=O)C(C)(C)CN1CCn2ccnc2C1)c1ccsc1. The average Bonchev–Trinajstić information content (AvgIpc) is 3.35. The van der Waals surface area contributed by atoms with Gasteiger partial charge in [-0.15, -0.1) is 0 Å². The number of fused-ring (bicyclic) bond motifs is 1. The summed E-state index contributed by atoms with van der Waals surface area (Å²) in [7, 11) is 0. The van der Waals surface area contributed by atoms with E-state index in [0.29, 0.717) is 6.54 Å². The molecule has 2 aromatic heterocycles. The first kappa shape index (κ1) is 21.0. The van der Waals surface area contributed by atoms with E-state index in [4.69, 9.17) is 0 Å². The second-order valence-corrected chi connectivity index (χ2v) is 8.92. The van der Waals surface area contributed by atoms with Crippen LogP contribution in [-0.4, -0.2) is 58.0 Å². The number of thiophene rings is 1. The maximum atomic E-state index is 13.0. The van der Waals surface area contributed by atoms with Gasteiger partial charge in [0.15, 0.2) is 0 Å². The fraction of sp³-hybridized carbons (Fsp3) is 0.619. The van der Waals surface area contributed by atoms with Crippen molar-refractivity contribution in [2.75, 3.05) is 32.7 Å². The number of nitrogens with zero attached hydrogens (tertiary/aromatic N) is 4. The van der Waals surface area contributed by atoms with Gasteiger partial charge in [0.05, 0.1) is 18.0 Å². The molecule has 28 heavy (non-hydrogen) atoms. The molecule has 2 aromatic rings. The Bertz CT molecular complexity index is 751. The van der Waals surface area contributed by atoms with Crippen molar-refractivity contribution in [2.24, 2.45) is 5.41 Å². The first-order chi connectivity index (χ1) is 13.4. The minimum absolute atomic E-state index is 0.119. The lowest BCUT2D eigenvalue weighted by molar-refractivity contribution is -0.130. The third-order valence-electron chi connectivity index (χ3n) is 5.69. The van der Waals surface area contributed by atoms with Crippen LogP contribution in [0.15, 0.2) is 29.2 Å². The van der Waals surface area contributed by atoms with Gasteiger partial charge in [-0.3, -0.25) is 14.6 Å². The molecule has 1 aliphatic heterocycles. The summed E-state index contributed by atoms with van der Waals surface area (Å²) in [4.78, 5) is 22.2. The molecule has 0 aliphatic carbocycles. The molecule has 1 N–H and O–H groups in total. The predicted octanol–water partition coefficient (Wildman–Crippen LogP) is 2.99. The van der Waals surface area contributed by atoms with Crippen LogP contribution in [0.25, 0.3) is 0 Å². The highest BCUT2D eigenvalue weighted by Gasteiger charge is 2.32. The van der Waals surface area contributed by atoms with Crippen LogP contribution in [0, 0.1) is 5.41 Å². The molecule has 0 spiro atoms. The Balaban J connectivity index is 1.59. The van der Waals surface area contributed by atoms with Gasteiger partial charge in [-0.1, -0.05) is 13.8 Å². The van der Waals surface area contributed by atoms with Crippen LogP contribution in [0.3, 0.4) is 0 Å². The van der Waals surface area contributed by atoms with Gasteiger partial charge in [0.1, 0.15) is 5.82 Å². The van der Waals surface area contributed by atoms with E-state index in [9.17, 15) is 4.79 Å². The van der Waals surface area contributed by atoms with Crippen LogP contribution < -0.4 is 5.32 Å². The van der Waals surface area contributed by atoms with E-state index >= 15 is 0 Å². The number of likely N-dealkylation sites (N-methyl/N-ethyl adjacent to an activating group) is 1. The Labute approximate surface area is 172 Å². The van der Waals surface area contributed by atoms with Crippen molar-refractivity contribution in [3.8, 4) is 0 Å². The standard InChI is InChI=1S/C21H33N5OS/c1-5-25(6-2)18(17-7-12-28-15-17)13-23-20(27)21(3,4)16-24-10-11-26-9-8-22-19(26)14-24/h7-9,12,15,18H,5-6,10-11,13-14,16H2,1-4H3,(H,23,27). The molecule has 0 bridgehead atoms. The molecule has 0 aromatic carbocycles. The summed E-state index contributed by atoms with van der Waals surface area (Å²) in [6.07, 6.45) is 3.89. The molecule has 0 fully saturated rings. The summed E-state index contributed by atoms with van der Waals surface area (Å²) >= 11 is 1.71. The van der Waals surface area contributed by atoms with Crippen molar-refractivity contribution in [2.45, 2.75) is 46.8 Å². The van der Waals surface area contributed by atoms with E-state index in [1.54, 1.807) is 11.3 Å². The van der Waals surface area contributed by atoms with Gasteiger partial charge in [-0.05, 0) is 49.3 Å². The third-order valence-corrected chi connectivity index (χ3v) is 6.40. The van der Waals surface area contributed by atoms with Crippen molar-refractivity contribution in [1.29, 1.82) is 0 Å².